The Morgan fingerprint density at radius 3 is 2.31 bits per heavy atom. The van der Waals surface area contributed by atoms with Crippen molar-refractivity contribution in [1.29, 1.82) is 0 Å². The number of amides is 1. The van der Waals surface area contributed by atoms with Gasteiger partial charge in [-0.25, -0.2) is 0 Å². The number of hydrogen-bond acceptors (Lipinski definition) is 6. The molecule has 0 unspecified atom stereocenters. The minimum Gasteiger partial charge on any atom is -0.465 e. The summed E-state index contributed by atoms with van der Waals surface area (Å²) < 4.78 is 10.9. The SMILES string of the molecule is CCOC(=O)CN1CCN(C(=O)[C@H](COCc2ccc(Cl)c(Cl)c2)NCc2ccccc2)CC1.Cl.Cl. The minimum absolute atomic E-state index is 0. The highest BCUT2D eigenvalue weighted by atomic mass is 35.5. The quantitative estimate of drug-likeness (QED) is 0.401. The first-order valence-corrected chi connectivity index (χ1v) is 12.2. The highest BCUT2D eigenvalue weighted by molar-refractivity contribution is 6.42. The maximum absolute atomic E-state index is 13.3. The molecule has 0 spiro atoms. The highest BCUT2D eigenvalue weighted by Crippen LogP contribution is 2.23. The van der Waals surface area contributed by atoms with Crippen LogP contribution in [-0.4, -0.2) is 73.7 Å². The molecular weight excluding hydrogens is 548 g/mol. The molecule has 1 N–H and O–H groups in total. The van der Waals surface area contributed by atoms with Gasteiger partial charge >= 0.3 is 5.97 Å². The normalized spacial score (nSPS) is 14.4. The third-order valence-electron chi connectivity index (χ3n) is 5.57. The fourth-order valence-corrected chi connectivity index (χ4v) is 4.04. The van der Waals surface area contributed by atoms with Crippen LogP contribution in [0.2, 0.25) is 10.0 Å². The number of rotatable bonds is 11. The van der Waals surface area contributed by atoms with E-state index in [2.05, 4.69) is 5.32 Å². The molecule has 1 heterocycles. The maximum Gasteiger partial charge on any atom is 0.320 e. The molecule has 1 atom stereocenters. The van der Waals surface area contributed by atoms with Gasteiger partial charge < -0.3 is 14.4 Å². The van der Waals surface area contributed by atoms with Gasteiger partial charge in [0.2, 0.25) is 5.91 Å². The summed E-state index contributed by atoms with van der Waals surface area (Å²) in [6.45, 7) is 5.85. The van der Waals surface area contributed by atoms with E-state index in [-0.39, 0.29) is 49.8 Å². The Bertz CT molecular complexity index is 944. The first kappa shape index (κ1) is 32.4. The van der Waals surface area contributed by atoms with Crippen molar-refractivity contribution >= 4 is 59.9 Å². The van der Waals surface area contributed by atoms with Crippen LogP contribution < -0.4 is 5.32 Å². The second kappa shape index (κ2) is 17.0. The summed E-state index contributed by atoms with van der Waals surface area (Å²) >= 11 is 12.1. The van der Waals surface area contributed by atoms with Gasteiger partial charge in [0.15, 0.2) is 0 Å². The molecule has 0 saturated carbocycles. The van der Waals surface area contributed by atoms with Gasteiger partial charge in [0.1, 0.15) is 6.04 Å². The van der Waals surface area contributed by atoms with Crippen molar-refractivity contribution in [2.24, 2.45) is 0 Å². The van der Waals surface area contributed by atoms with Crippen molar-refractivity contribution in [2.75, 3.05) is 45.9 Å². The Morgan fingerprint density at radius 2 is 1.67 bits per heavy atom. The summed E-state index contributed by atoms with van der Waals surface area (Å²) in [4.78, 5) is 28.9. The molecule has 1 fully saturated rings. The fourth-order valence-electron chi connectivity index (χ4n) is 3.71. The zero-order valence-corrected chi connectivity index (χ0v) is 23.3. The smallest absolute Gasteiger partial charge is 0.320 e. The second-order valence-electron chi connectivity index (χ2n) is 8.09. The van der Waals surface area contributed by atoms with Crippen LogP contribution in [0.25, 0.3) is 0 Å². The van der Waals surface area contributed by atoms with Gasteiger partial charge in [-0.05, 0) is 30.2 Å². The van der Waals surface area contributed by atoms with Crippen molar-refractivity contribution < 1.29 is 19.1 Å². The number of ether oxygens (including phenoxy) is 2. The van der Waals surface area contributed by atoms with Crippen molar-refractivity contribution in [2.45, 2.75) is 26.1 Å². The summed E-state index contributed by atoms with van der Waals surface area (Å²) in [7, 11) is 0. The van der Waals surface area contributed by atoms with Crippen LogP contribution in [0.15, 0.2) is 48.5 Å². The fraction of sp³-hybridized carbons (Fsp3) is 0.440. The molecular formula is C25H33Cl4N3O4. The van der Waals surface area contributed by atoms with E-state index in [1.165, 1.54) is 0 Å². The van der Waals surface area contributed by atoms with Gasteiger partial charge in [-0.3, -0.25) is 19.8 Å². The number of carbonyl (C=O) groups is 2. The van der Waals surface area contributed by atoms with Crippen LogP contribution in [0.3, 0.4) is 0 Å². The van der Waals surface area contributed by atoms with Crippen LogP contribution in [0.1, 0.15) is 18.1 Å². The lowest BCUT2D eigenvalue weighted by Gasteiger charge is -2.36. The van der Waals surface area contributed by atoms with E-state index >= 15 is 0 Å². The molecule has 36 heavy (non-hydrogen) atoms. The van der Waals surface area contributed by atoms with Crippen LogP contribution in [0.4, 0.5) is 0 Å². The van der Waals surface area contributed by atoms with E-state index in [1.807, 2.05) is 46.2 Å². The van der Waals surface area contributed by atoms with Crippen LogP contribution in [0, 0.1) is 0 Å². The molecule has 1 amide bonds. The number of nitrogens with zero attached hydrogens (tertiary/aromatic N) is 2. The zero-order chi connectivity index (χ0) is 24.3. The largest absolute Gasteiger partial charge is 0.465 e. The first-order valence-electron chi connectivity index (χ1n) is 11.4. The van der Waals surface area contributed by atoms with Gasteiger partial charge in [-0.2, -0.15) is 0 Å². The van der Waals surface area contributed by atoms with E-state index in [0.29, 0.717) is 56.0 Å². The van der Waals surface area contributed by atoms with E-state index in [1.54, 1.807) is 19.1 Å². The van der Waals surface area contributed by atoms with Gasteiger partial charge in [0.05, 0.1) is 36.4 Å². The lowest BCUT2D eigenvalue weighted by molar-refractivity contribution is -0.145. The third-order valence-corrected chi connectivity index (χ3v) is 6.31. The average Bonchev–Trinajstić information content (AvgIpc) is 2.84. The van der Waals surface area contributed by atoms with Crippen molar-refractivity contribution in [3.63, 3.8) is 0 Å². The Balaban J connectivity index is 0.00000324. The summed E-state index contributed by atoms with van der Waals surface area (Å²) in [6, 6.07) is 14.8. The number of benzene rings is 2. The maximum atomic E-state index is 13.3. The molecule has 0 aromatic heterocycles. The lowest BCUT2D eigenvalue weighted by Crippen LogP contribution is -2.55. The van der Waals surface area contributed by atoms with E-state index in [9.17, 15) is 9.59 Å². The van der Waals surface area contributed by atoms with E-state index < -0.39 is 6.04 Å². The van der Waals surface area contributed by atoms with Crippen molar-refractivity contribution in [3.8, 4) is 0 Å². The highest BCUT2D eigenvalue weighted by Gasteiger charge is 2.28. The molecule has 0 aliphatic carbocycles. The van der Waals surface area contributed by atoms with Gasteiger partial charge in [0, 0.05) is 32.7 Å². The van der Waals surface area contributed by atoms with Gasteiger partial charge in [-0.15, -0.1) is 24.8 Å². The average molecular weight is 581 g/mol. The number of hydrogen-bond donors (Lipinski definition) is 1. The number of halogens is 4. The van der Waals surface area contributed by atoms with Crippen molar-refractivity contribution in [3.05, 3.63) is 69.7 Å². The summed E-state index contributed by atoms with van der Waals surface area (Å²) in [6.07, 6.45) is 0. The van der Waals surface area contributed by atoms with Crippen LogP contribution >= 0.6 is 48.0 Å². The molecule has 11 heteroatoms. The number of esters is 1. The van der Waals surface area contributed by atoms with E-state index in [4.69, 9.17) is 32.7 Å². The van der Waals surface area contributed by atoms with Gasteiger partial charge in [0.25, 0.3) is 0 Å². The number of nitrogens with one attached hydrogen (secondary N) is 1. The Labute approximate surface area is 235 Å². The van der Waals surface area contributed by atoms with Crippen LogP contribution in [0.5, 0.6) is 0 Å². The zero-order valence-electron chi connectivity index (χ0n) is 20.2. The van der Waals surface area contributed by atoms with Crippen molar-refractivity contribution in [1.82, 2.24) is 15.1 Å². The molecule has 0 radical (unpaired) electrons. The molecule has 3 rings (SSSR count). The molecule has 7 nitrogen and oxygen atoms in total. The second-order valence-corrected chi connectivity index (χ2v) is 8.90. The summed E-state index contributed by atoms with van der Waals surface area (Å²) in [5.41, 5.74) is 1.97. The van der Waals surface area contributed by atoms with Crippen LogP contribution in [-0.2, 0) is 32.2 Å². The predicted molar refractivity (Wildman–Crippen MR) is 147 cm³/mol. The third kappa shape index (κ3) is 10.4. The molecule has 0 bridgehead atoms. The standard InChI is InChI=1S/C25H31Cl2N3O4.2ClH/c1-2-34-24(31)16-29-10-12-30(13-11-29)25(32)23(28-15-19-6-4-3-5-7-19)18-33-17-20-8-9-21(26)22(27)14-20;;/h3-9,14,23,28H,2,10-13,15-18H2,1H3;2*1H/t23-;;/m0../s1. The first-order chi connectivity index (χ1) is 16.5. The Morgan fingerprint density at radius 1 is 0.972 bits per heavy atom. The Kier molecular flexibility index (Phi) is 15.3. The lowest BCUT2D eigenvalue weighted by atomic mass is 10.2. The van der Waals surface area contributed by atoms with Gasteiger partial charge in [-0.1, -0.05) is 59.6 Å². The molecule has 200 valence electrons. The molecule has 2 aromatic rings. The van der Waals surface area contributed by atoms with E-state index in [0.717, 1.165) is 11.1 Å². The monoisotopic (exact) mass is 579 g/mol. The molecule has 1 aliphatic heterocycles. The molecule has 2 aromatic carbocycles. The molecule has 1 saturated heterocycles. The summed E-state index contributed by atoms with van der Waals surface area (Å²) in [5, 5.41) is 4.31. The predicted octanol–water partition coefficient (Wildman–Crippen LogP) is 4.22. The Hall–Kier alpha value is -1.58. The summed E-state index contributed by atoms with van der Waals surface area (Å²) in [5.74, 6) is -0.249. The minimum atomic E-state index is -0.500. The number of piperazine rings is 1. The topological polar surface area (TPSA) is 71.1 Å². The number of carbonyl (C=O) groups excluding carboxylic acids is 2. The molecule has 1 aliphatic rings.